The summed E-state index contributed by atoms with van der Waals surface area (Å²) < 4.78 is 24.8. The maximum atomic E-state index is 12.8. The first-order valence-corrected chi connectivity index (χ1v) is 14.1. The van der Waals surface area contributed by atoms with Crippen molar-refractivity contribution in [2.24, 2.45) is 0 Å². The molecule has 5 N–H and O–H groups in total. The Hall–Kier alpha value is -1.53. The molecule has 1 aromatic rings. The molecule has 0 bridgehead atoms. The lowest BCUT2D eigenvalue weighted by Gasteiger charge is -2.25. The van der Waals surface area contributed by atoms with Gasteiger partial charge in [-0.05, 0) is 52.0 Å². The molecule has 32 heavy (non-hydrogen) atoms. The standard InChI is InChI=1S/C22H35NO7P2/c1-17(2)9-7-10-18(3)11-8-14-31(26,27)21(32(28,29)30)16-23-20(22(24)25)15-19-12-5-4-6-13-19/h4-6,9,11-13,20-21,23H,7-8,10,14-16H2,1-3H3,(H,24,25)(H,26,27)(H2,28,29,30)/b18-11+/t20-,21?/m0/s1. The van der Waals surface area contributed by atoms with Crippen molar-refractivity contribution < 1.29 is 33.7 Å². The molecule has 0 aliphatic heterocycles. The quantitative estimate of drug-likeness (QED) is 0.195. The van der Waals surface area contributed by atoms with Crippen LogP contribution in [0.25, 0.3) is 0 Å². The Morgan fingerprint density at radius 1 is 1.03 bits per heavy atom. The van der Waals surface area contributed by atoms with Gasteiger partial charge in [-0.3, -0.25) is 13.9 Å². The first-order valence-electron chi connectivity index (χ1n) is 10.5. The summed E-state index contributed by atoms with van der Waals surface area (Å²) in [6, 6.07) is 7.62. The Morgan fingerprint density at radius 3 is 2.19 bits per heavy atom. The predicted molar refractivity (Wildman–Crippen MR) is 127 cm³/mol. The van der Waals surface area contributed by atoms with E-state index in [2.05, 4.69) is 11.4 Å². The minimum atomic E-state index is -4.96. The van der Waals surface area contributed by atoms with Crippen LogP contribution >= 0.6 is 15.0 Å². The highest BCUT2D eigenvalue weighted by atomic mass is 31.2. The summed E-state index contributed by atoms with van der Waals surface area (Å²) in [6.07, 6.45) is 5.55. The van der Waals surface area contributed by atoms with Crippen LogP contribution in [-0.2, 0) is 20.3 Å². The van der Waals surface area contributed by atoms with Crippen LogP contribution in [-0.4, -0.2) is 49.9 Å². The number of benzene rings is 1. The summed E-state index contributed by atoms with van der Waals surface area (Å²) in [4.78, 5) is 41.4. The van der Waals surface area contributed by atoms with Crippen LogP contribution < -0.4 is 5.32 Å². The fourth-order valence-electron chi connectivity index (χ4n) is 3.18. The molecular weight excluding hydrogens is 452 g/mol. The first kappa shape index (κ1) is 28.5. The number of carboxylic acids is 1. The smallest absolute Gasteiger partial charge is 0.339 e. The number of hydrogen-bond donors (Lipinski definition) is 5. The zero-order chi connectivity index (χ0) is 24.4. The van der Waals surface area contributed by atoms with Crippen molar-refractivity contribution in [2.75, 3.05) is 12.7 Å². The van der Waals surface area contributed by atoms with E-state index in [9.17, 15) is 33.7 Å². The average Bonchev–Trinajstić information content (AvgIpc) is 2.66. The van der Waals surface area contributed by atoms with Crippen LogP contribution in [0, 0.1) is 0 Å². The van der Waals surface area contributed by atoms with Crippen molar-refractivity contribution in [3.63, 3.8) is 0 Å². The molecule has 0 aliphatic carbocycles. The Labute approximate surface area is 190 Å². The van der Waals surface area contributed by atoms with Gasteiger partial charge in [-0.15, -0.1) is 0 Å². The Balaban J connectivity index is 2.81. The average molecular weight is 487 g/mol. The van der Waals surface area contributed by atoms with Gasteiger partial charge in [-0.1, -0.05) is 53.6 Å². The van der Waals surface area contributed by atoms with E-state index in [-0.39, 0.29) is 19.0 Å². The van der Waals surface area contributed by atoms with Gasteiger partial charge >= 0.3 is 13.6 Å². The van der Waals surface area contributed by atoms with Crippen molar-refractivity contribution in [1.29, 1.82) is 0 Å². The molecule has 0 saturated carbocycles. The fraction of sp³-hybridized carbons (Fsp3) is 0.500. The molecular formula is C22H35NO7P2. The van der Waals surface area contributed by atoms with Gasteiger partial charge in [0.25, 0.3) is 0 Å². The number of aliphatic carboxylic acids is 1. The molecule has 2 unspecified atom stereocenters. The minimum Gasteiger partial charge on any atom is -0.480 e. The Morgan fingerprint density at radius 2 is 1.66 bits per heavy atom. The summed E-state index contributed by atoms with van der Waals surface area (Å²) in [5, 5.41) is 10.2. The SMILES string of the molecule is CC(C)=CCC/C(C)=C/CCP(=O)(O)C(CN[C@@H](Cc1ccccc1)C(=O)O)P(=O)(O)O. The number of carboxylic acid groups (broad SMARTS) is 1. The number of hydrogen-bond acceptors (Lipinski definition) is 4. The molecule has 0 aromatic heterocycles. The zero-order valence-electron chi connectivity index (χ0n) is 18.8. The third-order valence-corrected chi connectivity index (χ3v) is 9.97. The molecule has 0 saturated heterocycles. The maximum Gasteiger partial charge on any atom is 0.339 e. The molecule has 1 rings (SSSR count). The van der Waals surface area contributed by atoms with Gasteiger partial charge in [-0.25, -0.2) is 0 Å². The largest absolute Gasteiger partial charge is 0.480 e. The molecule has 8 nitrogen and oxygen atoms in total. The van der Waals surface area contributed by atoms with Gasteiger partial charge in [0, 0.05) is 12.7 Å². The second-order valence-corrected chi connectivity index (χ2v) is 13.0. The van der Waals surface area contributed by atoms with Gasteiger partial charge in [0.1, 0.15) is 11.4 Å². The Bertz CT molecular complexity index is 889. The van der Waals surface area contributed by atoms with Crippen LogP contribution in [0.2, 0.25) is 0 Å². The van der Waals surface area contributed by atoms with Gasteiger partial charge < -0.3 is 25.1 Å². The highest BCUT2D eigenvalue weighted by Gasteiger charge is 2.43. The van der Waals surface area contributed by atoms with Crippen LogP contribution in [0.15, 0.2) is 53.6 Å². The molecule has 0 radical (unpaired) electrons. The second-order valence-electron chi connectivity index (χ2n) is 8.20. The van der Waals surface area contributed by atoms with E-state index in [0.717, 1.165) is 24.0 Å². The minimum absolute atomic E-state index is 0.0768. The highest BCUT2D eigenvalue weighted by Crippen LogP contribution is 2.62. The third kappa shape index (κ3) is 10.9. The lowest BCUT2D eigenvalue weighted by Crippen LogP contribution is -2.42. The number of carbonyl (C=O) groups is 1. The molecule has 0 heterocycles. The van der Waals surface area contributed by atoms with Crippen LogP contribution in [0.3, 0.4) is 0 Å². The lowest BCUT2D eigenvalue weighted by molar-refractivity contribution is -0.139. The molecule has 0 aliphatic rings. The highest BCUT2D eigenvalue weighted by molar-refractivity contribution is 7.74. The topological polar surface area (TPSA) is 144 Å². The fourth-order valence-corrected chi connectivity index (χ4v) is 6.93. The summed E-state index contributed by atoms with van der Waals surface area (Å²) >= 11 is 0. The first-order chi connectivity index (χ1) is 14.8. The van der Waals surface area contributed by atoms with E-state index in [1.807, 2.05) is 20.8 Å². The second kappa shape index (κ2) is 13.2. The van der Waals surface area contributed by atoms with Crippen molar-refractivity contribution in [3.8, 4) is 0 Å². The normalized spacial score (nSPS) is 16.1. The van der Waals surface area contributed by atoms with Gasteiger partial charge in [-0.2, -0.15) is 0 Å². The summed E-state index contributed by atoms with van der Waals surface area (Å²) in [5.74, 6) is -1.21. The van der Waals surface area contributed by atoms with E-state index in [1.54, 1.807) is 36.4 Å². The van der Waals surface area contributed by atoms with Crippen LogP contribution in [0.5, 0.6) is 0 Å². The van der Waals surface area contributed by atoms with E-state index in [1.165, 1.54) is 5.57 Å². The van der Waals surface area contributed by atoms with Crippen molar-refractivity contribution >= 4 is 20.9 Å². The maximum absolute atomic E-state index is 12.8. The van der Waals surface area contributed by atoms with E-state index >= 15 is 0 Å². The zero-order valence-corrected chi connectivity index (χ0v) is 20.6. The summed E-state index contributed by atoms with van der Waals surface area (Å²) in [7, 11) is -9.22. The molecule has 180 valence electrons. The van der Waals surface area contributed by atoms with Crippen LogP contribution in [0.1, 0.15) is 45.6 Å². The predicted octanol–water partition coefficient (Wildman–Crippen LogP) is 4.13. The number of rotatable bonds is 14. The van der Waals surface area contributed by atoms with Crippen LogP contribution in [0.4, 0.5) is 0 Å². The van der Waals surface area contributed by atoms with Gasteiger partial charge in [0.2, 0.25) is 7.37 Å². The van der Waals surface area contributed by atoms with Gasteiger partial charge in [0.15, 0.2) is 0 Å². The Kier molecular flexibility index (Phi) is 11.8. The number of allylic oxidation sites excluding steroid dienone is 4. The third-order valence-electron chi connectivity index (χ3n) is 5.02. The van der Waals surface area contributed by atoms with E-state index in [4.69, 9.17) is 0 Å². The van der Waals surface area contributed by atoms with Crippen molar-refractivity contribution in [1.82, 2.24) is 5.32 Å². The summed E-state index contributed by atoms with van der Waals surface area (Å²) in [6.45, 7) is 5.34. The van der Waals surface area contributed by atoms with E-state index < -0.39 is 38.9 Å². The van der Waals surface area contributed by atoms with Crippen molar-refractivity contribution in [3.05, 3.63) is 59.2 Å². The molecule has 3 atom stereocenters. The molecule has 1 aromatic carbocycles. The number of nitrogens with one attached hydrogen (secondary N) is 1. The monoisotopic (exact) mass is 487 g/mol. The molecule has 0 spiro atoms. The van der Waals surface area contributed by atoms with Crippen molar-refractivity contribution in [2.45, 2.75) is 57.9 Å². The molecule has 0 amide bonds. The lowest BCUT2D eigenvalue weighted by atomic mass is 10.1. The summed E-state index contributed by atoms with van der Waals surface area (Å²) in [5.41, 5.74) is 2.96. The van der Waals surface area contributed by atoms with E-state index in [0.29, 0.717) is 0 Å². The van der Waals surface area contributed by atoms with Gasteiger partial charge in [0.05, 0.1) is 0 Å². The molecule has 10 heteroatoms. The molecule has 0 fully saturated rings.